The normalized spacial score (nSPS) is 10.7. The summed E-state index contributed by atoms with van der Waals surface area (Å²) in [5.41, 5.74) is 0.615. The summed E-state index contributed by atoms with van der Waals surface area (Å²) in [4.78, 5) is 0. The Morgan fingerprint density at radius 1 is 1.44 bits per heavy atom. The largest absolute Gasteiger partial charge is 0.416 e. The van der Waals surface area contributed by atoms with E-state index in [2.05, 4.69) is 26.1 Å². The molecular formula is C10H8BrFN2OS. The zero-order chi connectivity index (χ0) is 11.5. The second kappa shape index (κ2) is 4.97. The lowest BCUT2D eigenvalue weighted by atomic mass is 10.2. The Labute approximate surface area is 105 Å². The van der Waals surface area contributed by atoms with Gasteiger partial charge >= 0.3 is 0 Å². The van der Waals surface area contributed by atoms with Crippen LogP contribution < -0.4 is 0 Å². The van der Waals surface area contributed by atoms with Gasteiger partial charge in [-0.05, 0) is 17.7 Å². The molecule has 0 amide bonds. The zero-order valence-corrected chi connectivity index (χ0v) is 10.8. The van der Waals surface area contributed by atoms with Crippen LogP contribution in [0.5, 0.6) is 0 Å². The molecule has 0 spiro atoms. The van der Waals surface area contributed by atoms with Crippen molar-refractivity contribution in [3.63, 3.8) is 0 Å². The van der Waals surface area contributed by atoms with Gasteiger partial charge in [0.05, 0.1) is 0 Å². The van der Waals surface area contributed by atoms with Gasteiger partial charge in [-0.1, -0.05) is 33.8 Å². The zero-order valence-electron chi connectivity index (χ0n) is 8.41. The molecule has 6 heteroatoms. The van der Waals surface area contributed by atoms with E-state index in [0.717, 1.165) is 4.47 Å². The first-order chi connectivity index (χ1) is 7.65. The Morgan fingerprint density at radius 3 is 2.88 bits per heavy atom. The standard InChI is InChI=1S/C10H8BrFN2OS/c1-6-13-14-10(15-6)16-5-7-2-3-8(11)4-9(7)12/h2-4H,5H2,1H3. The molecule has 0 aliphatic heterocycles. The molecule has 1 aromatic carbocycles. The van der Waals surface area contributed by atoms with Crippen LogP contribution in [0.2, 0.25) is 0 Å². The first-order valence-corrected chi connectivity index (χ1v) is 6.30. The second-order valence-electron chi connectivity index (χ2n) is 3.11. The number of nitrogens with zero attached hydrogens (tertiary/aromatic N) is 2. The van der Waals surface area contributed by atoms with Gasteiger partial charge in [0.15, 0.2) is 0 Å². The first-order valence-electron chi connectivity index (χ1n) is 4.52. The number of rotatable bonds is 3. The fourth-order valence-corrected chi connectivity index (χ4v) is 2.24. The summed E-state index contributed by atoms with van der Waals surface area (Å²) in [6.07, 6.45) is 0. The number of hydrogen-bond donors (Lipinski definition) is 0. The first kappa shape index (κ1) is 11.6. The summed E-state index contributed by atoms with van der Waals surface area (Å²) in [6, 6.07) is 4.97. The number of thioether (sulfide) groups is 1. The predicted molar refractivity (Wildman–Crippen MR) is 62.7 cm³/mol. The van der Waals surface area contributed by atoms with Gasteiger partial charge in [-0.15, -0.1) is 10.2 Å². The third kappa shape index (κ3) is 2.82. The molecule has 3 nitrogen and oxygen atoms in total. The summed E-state index contributed by atoms with van der Waals surface area (Å²) in [5, 5.41) is 7.98. The fraction of sp³-hybridized carbons (Fsp3) is 0.200. The molecule has 0 bridgehead atoms. The van der Waals surface area contributed by atoms with Gasteiger partial charge in [0.1, 0.15) is 5.82 Å². The minimum absolute atomic E-state index is 0.238. The third-order valence-electron chi connectivity index (χ3n) is 1.87. The van der Waals surface area contributed by atoms with Crippen molar-refractivity contribution in [3.8, 4) is 0 Å². The highest BCUT2D eigenvalue weighted by molar-refractivity contribution is 9.10. The van der Waals surface area contributed by atoms with E-state index >= 15 is 0 Å². The molecule has 0 radical (unpaired) electrons. The molecule has 0 fully saturated rings. The van der Waals surface area contributed by atoms with Crippen molar-refractivity contribution in [2.75, 3.05) is 0 Å². The highest BCUT2D eigenvalue weighted by atomic mass is 79.9. The molecule has 0 atom stereocenters. The molecule has 0 saturated carbocycles. The Balaban J connectivity index is 2.04. The van der Waals surface area contributed by atoms with Gasteiger partial charge in [0.2, 0.25) is 5.89 Å². The van der Waals surface area contributed by atoms with E-state index in [9.17, 15) is 4.39 Å². The molecule has 0 aliphatic carbocycles. The Hall–Kier alpha value is -0.880. The van der Waals surface area contributed by atoms with E-state index in [-0.39, 0.29) is 5.82 Å². The smallest absolute Gasteiger partial charge is 0.276 e. The van der Waals surface area contributed by atoms with E-state index in [1.165, 1.54) is 17.8 Å². The van der Waals surface area contributed by atoms with Crippen LogP contribution in [0.25, 0.3) is 0 Å². The number of aryl methyl sites for hydroxylation is 1. The molecular weight excluding hydrogens is 295 g/mol. The molecule has 2 aromatic rings. The highest BCUT2D eigenvalue weighted by Gasteiger charge is 2.07. The van der Waals surface area contributed by atoms with E-state index in [1.54, 1.807) is 19.1 Å². The third-order valence-corrected chi connectivity index (χ3v) is 3.23. The minimum Gasteiger partial charge on any atom is -0.416 e. The van der Waals surface area contributed by atoms with Crippen LogP contribution in [0.1, 0.15) is 11.5 Å². The molecule has 0 aliphatic rings. The lowest BCUT2D eigenvalue weighted by Crippen LogP contribution is -1.87. The predicted octanol–water partition coefficient (Wildman–Crippen LogP) is 3.57. The lowest BCUT2D eigenvalue weighted by molar-refractivity contribution is 0.429. The summed E-state index contributed by atoms with van der Waals surface area (Å²) >= 11 is 4.53. The summed E-state index contributed by atoms with van der Waals surface area (Å²) in [5.74, 6) is 0.748. The molecule has 84 valence electrons. The summed E-state index contributed by atoms with van der Waals surface area (Å²) in [6.45, 7) is 1.72. The van der Waals surface area contributed by atoms with Crippen LogP contribution in [0.15, 0.2) is 32.3 Å². The maximum atomic E-state index is 13.4. The molecule has 1 aromatic heterocycles. The number of benzene rings is 1. The van der Waals surface area contributed by atoms with Crippen LogP contribution in [-0.4, -0.2) is 10.2 Å². The molecule has 16 heavy (non-hydrogen) atoms. The topological polar surface area (TPSA) is 38.9 Å². The van der Waals surface area contributed by atoms with E-state index in [4.69, 9.17) is 4.42 Å². The van der Waals surface area contributed by atoms with Crippen LogP contribution in [0.3, 0.4) is 0 Å². The Kier molecular flexibility index (Phi) is 3.60. The highest BCUT2D eigenvalue weighted by Crippen LogP contribution is 2.24. The molecule has 1 heterocycles. The quantitative estimate of drug-likeness (QED) is 0.813. The van der Waals surface area contributed by atoms with Crippen LogP contribution in [0.4, 0.5) is 4.39 Å². The Morgan fingerprint density at radius 2 is 2.25 bits per heavy atom. The molecule has 0 saturated heterocycles. The SMILES string of the molecule is Cc1nnc(SCc2ccc(Br)cc2F)o1. The lowest BCUT2D eigenvalue weighted by Gasteiger charge is -2.00. The Bertz CT molecular complexity index is 503. The van der Waals surface area contributed by atoms with Crippen molar-refractivity contribution in [2.45, 2.75) is 17.9 Å². The summed E-state index contributed by atoms with van der Waals surface area (Å²) < 4.78 is 19.4. The summed E-state index contributed by atoms with van der Waals surface area (Å²) in [7, 11) is 0. The fourth-order valence-electron chi connectivity index (χ4n) is 1.11. The van der Waals surface area contributed by atoms with Crippen molar-refractivity contribution in [3.05, 3.63) is 39.9 Å². The monoisotopic (exact) mass is 302 g/mol. The maximum Gasteiger partial charge on any atom is 0.276 e. The van der Waals surface area contributed by atoms with Crippen LogP contribution >= 0.6 is 27.7 Å². The molecule has 0 unspecified atom stereocenters. The molecule has 2 rings (SSSR count). The van der Waals surface area contributed by atoms with Crippen molar-refractivity contribution >= 4 is 27.7 Å². The van der Waals surface area contributed by atoms with Gasteiger partial charge in [-0.2, -0.15) is 0 Å². The van der Waals surface area contributed by atoms with Crippen molar-refractivity contribution in [2.24, 2.45) is 0 Å². The van der Waals surface area contributed by atoms with Gasteiger partial charge < -0.3 is 4.42 Å². The average Bonchev–Trinajstić information content (AvgIpc) is 2.63. The second-order valence-corrected chi connectivity index (χ2v) is 4.95. The number of aromatic nitrogens is 2. The number of halogens is 2. The van der Waals surface area contributed by atoms with Crippen molar-refractivity contribution < 1.29 is 8.81 Å². The van der Waals surface area contributed by atoms with E-state index in [1.807, 2.05) is 0 Å². The molecule has 0 N–H and O–H groups in total. The van der Waals surface area contributed by atoms with E-state index < -0.39 is 0 Å². The average molecular weight is 303 g/mol. The van der Waals surface area contributed by atoms with Gasteiger partial charge in [-0.3, -0.25) is 0 Å². The van der Waals surface area contributed by atoms with Crippen LogP contribution in [-0.2, 0) is 5.75 Å². The van der Waals surface area contributed by atoms with Crippen molar-refractivity contribution in [1.29, 1.82) is 0 Å². The van der Waals surface area contributed by atoms with E-state index in [0.29, 0.717) is 22.4 Å². The van der Waals surface area contributed by atoms with Gasteiger partial charge in [0, 0.05) is 17.1 Å². The maximum absolute atomic E-state index is 13.4. The van der Waals surface area contributed by atoms with Crippen molar-refractivity contribution in [1.82, 2.24) is 10.2 Å². The minimum atomic E-state index is -0.238. The van der Waals surface area contributed by atoms with Crippen LogP contribution in [0, 0.1) is 12.7 Å². The van der Waals surface area contributed by atoms with Gasteiger partial charge in [-0.25, -0.2) is 4.39 Å². The van der Waals surface area contributed by atoms with Gasteiger partial charge in [0.25, 0.3) is 5.22 Å². The number of hydrogen-bond acceptors (Lipinski definition) is 4.